The van der Waals surface area contributed by atoms with E-state index < -0.39 is 0 Å². The highest BCUT2D eigenvalue weighted by atomic mass is 32.1. The van der Waals surface area contributed by atoms with Crippen LogP contribution in [0.1, 0.15) is 56.0 Å². The summed E-state index contributed by atoms with van der Waals surface area (Å²) in [6, 6.07) is 0.972. The maximum absolute atomic E-state index is 4.41. The third-order valence-corrected chi connectivity index (χ3v) is 3.63. The van der Waals surface area contributed by atoms with E-state index in [2.05, 4.69) is 38.0 Å². The van der Waals surface area contributed by atoms with Gasteiger partial charge in [-0.25, -0.2) is 4.98 Å². The molecule has 1 aromatic rings. The third kappa shape index (κ3) is 4.31. The smallest absolute Gasteiger partial charge is 0.109 e. The number of aromatic nitrogens is 1. The van der Waals surface area contributed by atoms with Gasteiger partial charge in [-0.1, -0.05) is 19.8 Å². The lowest BCUT2D eigenvalue weighted by Gasteiger charge is -2.17. The first-order valence-corrected chi connectivity index (χ1v) is 6.63. The SMILES string of the molecule is CCCCC(C)NC(C)c1ncc(C)s1. The summed E-state index contributed by atoms with van der Waals surface area (Å²) in [7, 11) is 0. The van der Waals surface area contributed by atoms with Crippen molar-refractivity contribution in [2.24, 2.45) is 0 Å². The zero-order valence-corrected chi connectivity index (χ0v) is 11.0. The first-order chi connectivity index (χ1) is 7.13. The zero-order valence-electron chi connectivity index (χ0n) is 10.2. The number of nitrogens with zero attached hydrogens (tertiary/aromatic N) is 1. The molecule has 1 rings (SSSR count). The monoisotopic (exact) mass is 226 g/mol. The predicted octanol–water partition coefficient (Wildman–Crippen LogP) is 3.68. The van der Waals surface area contributed by atoms with E-state index >= 15 is 0 Å². The van der Waals surface area contributed by atoms with Crippen molar-refractivity contribution in [3.63, 3.8) is 0 Å². The minimum atomic E-state index is 0.385. The van der Waals surface area contributed by atoms with Crippen molar-refractivity contribution in [2.75, 3.05) is 0 Å². The van der Waals surface area contributed by atoms with Crippen molar-refractivity contribution in [3.05, 3.63) is 16.1 Å². The highest BCUT2D eigenvalue weighted by molar-refractivity contribution is 7.11. The van der Waals surface area contributed by atoms with Crippen LogP contribution >= 0.6 is 11.3 Å². The topological polar surface area (TPSA) is 24.9 Å². The van der Waals surface area contributed by atoms with E-state index in [0.29, 0.717) is 12.1 Å². The first-order valence-electron chi connectivity index (χ1n) is 5.81. The average molecular weight is 226 g/mol. The van der Waals surface area contributed by atoms with E-state index in [1.165, 1.54) is 29.1 Å². The molecule has 2 nitrogen and oxygen atoms in total. The molecule has 0 aromatic carbocycles. The number of rotatable bonds is 6. The highest BCUT2D eigenvalue weighted by Crippen LogP contribution is 2.19. The van der Waals surface area contributed by atoms with Gasteiger partial charge in [-0.15, -0.1) is 11.3 Å². The van der Waals surface area contributed by atoms with Gasteiger partial charge in [0.2, 0.25) is 0 Å². The number of nitrogens with one attached hydrogen (secondary N) is 1. The Kier molecular flexibility index (Phi) is 5.26. The fourth-order valence-electron chi connectivity index (χ4n) is 1.66. The van der Waals surface area contributed by atoms with Crippen molar-refractivity contribution in [3.8, 4) is 0 Å². The molecule has 0 aliphatic carbocycles. The van der Waals surface area contributed by atoms with Crippen LogP contribution < -0.4 is 5.32 Å². The van der Waals surface area contributed by atoms with Crippen molar-refractivity contribution in [1.29, 1.82) is 0 Å². The molecule has 1 N–H and O–H groups in total. The van der Waals surface area contributed by atoms with Crippen molar-refractivity contribution >= 4 is 11.3 Å². The van der Waals surface area contributed by atoms with E-state index in [1.807, 2.05) is 6.20 Å². The molecule has 1 heterocycles. The Morgan fingerprint density at radius 3 is 2.73 bits per heavy atom. The lowest BCUT2D eigenvalue weighted by atomic mass is 10.1. The van der Waals surface area contributed by atoms with Gasteiger partial charge in [0.25, 0.3) is 0 Å². The van der Waals surface area contributed by atoms with Crippen LogP contribution in [-0.4, -0.2) is 11.0 Å². The second-order valence-electron chi connectivity index (χ2n) is 4.24. The summed E-state index contributed by atoms with van der Waals surface area (Å²) in [6.45, 7) is 8.79. The van der Waals surface area contributed by atoms with E-state index in [-0.39, 0.29) is 0 Å². The summed E-state index contributed by atoms with van der Waals surface area (Å²) >= 11 is 1.79. The maximum atomic E-state index is 4.41. The summed E-state index contributed by atoms with van der Waals surface area (Å²) in [5.41, 5.74) is 0. The van der Waals surface area contributed by atoms with Gasteiger partial charge in [-0.05, 0) is 27.2 Å². The summed E-state index contributed by atoms with van der Waals surface area (Å²) in [5, 5.41) is 4.80. The van der Waals surface area contributed by atoms with E-state index in [4.69, 9.17) is 0 Å². The lowest BCUT2D eigenvalue weighted by molar-refractivity contribution is 0.443. The Hall–Kier alpha value is -0.410. The number of aryl methyl sites for hydroxylation is 1. The largest absolute Gasteiger partial charge is 0.306 e. The number of hydrogen-bond acceptors (Lipinski definition) is 3. The van der Waals surface area contributed by atoms with Crippen LogP contribution in [0.4, 0.5) is 0 Å². The summed E-state index contributed by atoms with van der Waals surface area (Å²) in [4.78, 5) is 5.70. The molecule has 0 amide bonds. The molecule has 0 aliphatic heterocycles. The number of unbranched alkanes of at least 4 members (excludes halogenated alkanes) is 1. The van der Waals surface area contributed by atoms with Gasteiger partial charge in [-0.3, -0.25) is 0 Å². The first kappa shape index (κ1) is 12.7. The Bertz CT molecular complexity index is 283. The number of thiazole rings is 1. The molecule has 2 atom stereocenters. The molecule has 0 fully saturated rings. The predicted molar refractivity (Wildman–Crippen MR) is 67.4 cm³/mol. The maximum Gasteiger partial charge on any atom is 0.109 e. The van der Waals surface area contributed by atoms with Gasteiger partial charge in [0.1, 0.15) is 5.01 Å². The van der Waals surface area contributed by atoms with Gasteiger partial charge >= 0.3 is 0 Å². The minimum absolute atomic E-state index is 0.385. The van der Waals surface area contributed by atoms with Crippen LogP contribution in [0.25, 0.3) is 0 Å². The molecule has 0 bridgehead atoms. The van der Waals surface area contributed by atoms with Gasteiger partial charge < -0.3 is 5.32 Å². The molecule has 0 radical (unpaired) electrons. The molecule has 0 saturated heterocycles. The van der Waals surface area contributed by atoms with Crippen LogP contribution in [0.5, 0.6) is 0 Å². The van der Waals surface area contributed by atoms with Crippen LogP contribution in [-0.2, 0) is 0 Å². The van der Waals surface area contributed by atoms with Crippen molar-refractivity contribution < 1.29 is 0 Å². The molecular weight excluding hydrogens is 204 g/mol. The highest BCUT2D eigenvalue weighted by Gasteiger charge is 2.11. The summed E-state index contributed by atoms with van der Waals surface area (Å²) in [6.07, 6.45) is 5.79. The average Bonchev–Trinajstić information content (AvgIpc) is 2.61. The fraction of sp³-hybridized carbons (Fsp3) is 0.750. The molecule has 1 aromatic heterocycles. The second-order valence-corrected chi connectivity index (χ2v) is 5.51. The quantitative estimate of drug-likeness (QED) is 0.800. The van der Waals surface area contributed by atoms with Crippen LogP contribution in [0.15, 0.2) is 6.20 Å². The Labute approximate surface area is 97.1 Å². The standard InChI is InChI=1S/C12H22N2S/c1-5-6-7-9(2)14-11(4)12-13-8-10(3)15-12/h8-9,11,14H,5-7H2,1-4H3. The van der Waals surface area contributed by atoms with E-state index in [0.717, 1.165) is 0 Å². The molecule has 2 unspecified atom stereocenters. The van der Waals surface area contributed by atoms with Crippen LogP contribution in [0.3, 0.4) is 0 Å². The molecule has 86 valence electrons. The molecule has 0 spiro atoms. The van der Waals surface area contributed by atoms with Gasteiger partial charge in [-0.2, -0.15) is 0 Å². The second kappa shape index (κ2) is 6.23. The molecule has 0 saturated carbocycles. The van der Waals surface area contributed by atoms with Crippen molar-refractivity contribution in [1.82, 2.24) is 10.3 Å². The molecule has 15 heavy (non-hydrogen) atoms. The summed E-state index contributed by atoms with van der Waals surface area (Å²) < 4.78 is 0. The molecule has 0 aliphatic rings. The van der Waals surface area contributed by atoms with E-state index in [9.17, 15) is 0 Å². The molecule has 3 heteroatoms. The minimum Gasteiger partial charge on any atom is -0.306 e. The van der Waals surface area contributed by atoms with Gasteiger partial charge in [0.15, 0.2) is 0 Å². The fourth-order valence-corrected chi connectivity index (χ4v) is 2.45. The van der Waals surface area contributed by atoms with Crippen LogP contribution in [0.2, 0.25) is 0 Å². The molecular formula is C12H22N2S. The Morgan fingerprint density at radius 2 is 2.20 bits per heavy atom. The normalized spacial score (nSPS) is 15.2. The summed E-state index contributed by atoms with van der Waals surface area (Å²) in [5.74, 6) is 0. The van der Waals surface area contributed by atoms with E-state index in [1.54, 1.807) is 11.3 Å². The van der Waals surface area contributed by atoms with Crippen LogP contribution in [0, 0.1) is 6.92 Å². The van der Waals surface area contributed by atoms with Crippen molar-refractivity contribution in [2.45, 2.75) is 59.0 Å². The Balaban J connectivity index is 2.38. The zero-order chi connectivity index (χ0) is 11.3. The lowest BCUT2D eigenvalue weighted by Crippen LogP contribution is -2.28. The number of hydrogen-bond donors (Lipinski definition) is 1. The Morgan fingerprint density at radius 1 is 1.47 bits per heavy atom. The van der Waals surface area contributed by atoms with Gasteiger partial charge in [0.05, 0.1) is 6.04 Å². The third-order valence-electron chi connectivity index (χ3n) is 2.53. The van der Waals surface area contributed by atoms with Gasteiger partial charge in [0, 0.05) is 17.1 Å².